The van der Waals surface area contributed by atoms with Gasteiger partial charge in [0.25, 0.3) is 0 Å². The van der Waals surface area contributed by atoms with Gasteiger partial charge in [-0.25, -0.2) is 0 Å². The quantitative estimate of drug-likeness (QED) is 0.859. The molecule has 2 heterocycles. The van der Waals surface area contributed by atoms with E-state index in [0.717, 1.165) is 17.8 Å². The minimum absolute atomic E-state index is 0.670. The fourth-order valence-corrected chi connectivity index (χ4v) is 2.35. The molecule has 0 fully saturated rings. The average Bonchev–Trinajstić information content (AvgIpc) is 2.68. The van der Waals surface area contributed by atoms with Gasteiger partial charge < -0.3 is 5.73 Å². The molecular weight excluding hydrogens is 206 g/mol. The predicted molar refractivity (Wildman–Crippen MR) is 62.8 cm³/mol. The molecule has 78 valence electrons. The van der Waals surface area contributed by atoms with Gasteiger partial charge in [-0.2, -0.15) is 5.10 Å². The third kappa shape index (κ3) is 2.22. The van der Waals surface area contributed by atoms with Crippen molar-refractivity contribution in [3.63, 3.8) is 0 Å². The fourth-order valence-electron chi connectivity index (χ4n) is 1.43. The summed E-state index contributed by atoms with van der Waals surface area (Å²) in [5.74, 6) is 0. The van der Waals surface area contributed by atoms with E-state index in [1.165, 1.54) is 10.4 Å². The van der Waals surface area contributed by atoms with Gasteiger partial charge >= 0.3 is 0 Å². The number of nitrogens with zero attached hydrogens (tertiary/aromatic N) is 2. The van der Waals surface area contributed by atoms with E-state index in [4.69, 9.17) is 5.73 Å². The van der Waals surface area contributed by atoms with Crippen LogP contribution in [0.1, 0.15) is 11.3 Å². The van der Waals surface area contributed by atoms with Gasteiger partial charge in [-0.05, 0) is 49.0 Å². The molecule has 0 bridgehead atoms. The average molecular weight is 219 g/mol. The third-order valence-corrected chi connectivity index (χ3v) is 3.17. The molecule has 2 rings (SSSR count). The van der Waals surface area contributed by atoms with Crippen molar-refractivity contribution in [1.29, 1.82) is 0 Å². The summed E-state index contributed by atoms with van der Waals surface area (Å²) in [5.41, 5.74) is 8.71. The van der Waals surface area contributed by atoms with E-state index in [2.05, 4.69) is 21.6 Å². The van der Waals surface area contributed by atoms with Gasteiger partial charge in [0.05, 0.1) is 10.6 Å². The first-order valence-corrected chi connectivity index (χ1v) is 5.76. The molecule has 2 aromatic rings. The molecular formula is C11H13N3S. The summed E-state index contributed by atoms with van der Waals surface area (Å²) in [6.45, 7) is 2.61. The molecule has 0 radical (unpaired) electrons. The van der Waals surface area contributed by atoms with Crippen molar-refractivity contribution >= 4 is 11.3 Å². The van der Waals surface area contributed by atoms with E-state index in [9.17, 15) is 0 Å². The van der Waals surface area contributed by atoms with Crippen LogP contribution in [0.2, 0.25) is 0 Å². The van der Waals surface area contributed by atoms with Crippen LogP contribution < -0.4 is 5.73 Å². The summed E-state index contributed by atoms with van der Waals surface area (Å²) in [5, 5.41) is 10.3. The van der Waals surface area contributed by atoms with Gasteiger partial charge in [0.1, 0.15) is 5.69 Å². The summed E-state index contributed by atoms with van der Waals surface area (Å²) in [6.07, 6.45) is 0.897. The van der Waals surface area contributed by atoms with Gasteiger partial charge in [-0.3, -0.25) is 0 Å². The maximum Gasteiger partial charge on any atom is 0.103 e. The zero-order valence-corrected chi connectivity index (χ0v) is 9.42. The SMILES string of the molecule is Cc1ccc(-c2sccc2CCN)nn1. The van der Waals surface area contributed by atoms with Crippen molar-refractivity contribution in [3.8, 4) is 10.6 Å². The van der Waals surface area contributed by atoms with E-state index in [1.54, 1.807) is 11.3 Å². The first-order valence-electron chi connectivity index (χ1n) is 4.88. The first kappa shape index (κ1) is 10.3. The lowest BCUT2D eigenvalue weighted by Crippen LogP contribution is -2.02. The molecule has 0 aromatic carbocycles. The van der Waals surface area contributed by atoms with Crippen LogP contribution in [-0.2, 0) is 6.42 Å². The smallest absolute Gasteiger partial charge is 0.103 e. The Labute approximate surface area is 93.0 Å². The van der Waals surface area contributed by atoms with Crippen LogP contribution >= 0.6 is 11.3 Å². The van der Waals surface area contributed by atoms with Crippen LogP contribution in [0, 0.1) is 6.92 Å². The van der Waals surface area contributed by atoms with Crippen molar-refractivity contribution in [2.45, 2.75) is 13.3 Å². The Morgan fingerprint density at radius 1 is 1.27 bits per heavy atom. The monoisotopic (exact) mass is 219 g/mol. The molecule has 0 aliphatic carbocycles. The normalized spacial score (nSPS) is 10.5. The van der Waals surface area contributed by atoms with E-state index in [0.29, 0.717) is 6.54 Å². The largest absolute Gasteiger partial charge is 0.330 e. The summed E-state index contributed by atoms with van der Waals surface area (Å²) < 4.78 is 0. The second-order valence-electron chi connectivity index (χ2n) is 3.37. The lowest BCUT2D eigenvalue weighted by Gasteiger charge is -2.01. The summed E-state index contributed by atoms with van der Waals surface area (Å²) in [7, 11) is 0. The van der Waals surface area contributed by atoms with E-state index < -0.39 is 0 Å². The zero-order chi connectivity index (χ0) is 10.7. The molecule has 0 unspecified atom stereocenters. The predicted octanol–water partition coefficient (Wildman–Crippen LogP) is 2.01. The van der Waals surface area contributed by atoms with Gasteiger partial charge in [0, 0.05) is 0 Å². The molecule has 2 N–H and O–H groups in total. The number of aryl methyl sites for hydroxylation is 1. The molecule has 0 aliphatic heterocycles. The van der Waals surface area contributed by atoms with E-state index in [1.807, 2.05) is 19.1 Å². The summed E-state index contributed by atoms with van der Waals surface area (Å²) >= 11 is 1.69. The molecule has 0 spiro atoms. The van der Waals surface area contributed by atoms with Gasteiger partial charge in [-0.1, -0.05) is 0 Å². The molecule has 0 saturated carbocycles. The van der Waals surface area contributed by atoms with Crippen LogP contribution in [0.4, 0.5) is 0 Å². The Hall–Kier alpha value is -1.26. The molecule has 0 atom stereocenters. The number of nitrogens with two attached hydrogens (primary N) is 1. The molecule has 3 nitrogen and oxygen atoms in total. The molecule has 0 aliphatic rings. The Morgan fingerprint density at radius 2 is 2.13 bits per heavy atom. The Balaban J connectivity index is 2.36. The van der Waals surface area contributed by atoms with Gasteiger partial charge in [0.15, 0.2) is 0 Å². The Kier molecular flexibility index (Phi) is 3.08. The highest BCUT2D eigenvalue weighted by Crippen LogP contribution is 2.27. The molecule has 2 aromatic heterocycles. The Bertz CT molecular complexity index is 433. The van der Waals surface area contributed by atoms with Gasteiger partial charge in [-0.15, -0.1) is 16.4 Å². The van der Waals surface area contributed by atoms with Crippen molar-refractivity contribution in [2.24, 2.45) is 5.73 Å². The number of aromatic nitrogens is 2. The van der Waals surface area contributed by atoms with E-state index in [-0.39, 0.29) is 0 Å². The van der Waals surface area contributed by atoms with Crippen molar-refractivity contribution in [2.75, 3.05) is 6.54 Å². The van der Waals surface area contributed by atoms with Crippen LogP contribution in [0.15, 0.2) is 23.6 Å². The first-order chi connectivity index (χ1) is 7.31. The van der Waals surface area contributed by atoms with Crippen LogP contribution in [0.25, 0.3) is 10.6 Å². The molecule has 4 heteroatoms. The zero-order valence-electron chi connectivity index (χ0n) is 8.60. The molecule has 0 saturated heterocycles. The summed E-state index contributed by atoms with van der Waals surface area (Å²) in [4.78, 5) is 1.19. The lowest BCUT2D eigenvalue weighted by atomic mass is 10.1. The van der Waals surface area contributed by atoms with Crippen molar-refractivity contribution < 1.29 is 0 Å². The fraction of sp³-hybridized carbons (Fsp3) is 0.273. The van der Waals surface area contributed by atoms with Crippen molar-refractivity contribution in [1.82, 2.24) is 10.2 Å². The number of hydrogen-bond acceptors (Lipinski definition) is 4. The van der Waals surface area contributed by atoms with Crippen LogP contribution in [0.5, 0.6) is 0 Å². The second kappa shape index (κ2) is 4.51. The Morgan fingerprint density at radius 3 is 2.80 bits per heavy atom. The van der Waals surface area contributed by atoms with Crippen molar-refractivity contribution in [3.05, 3.63) is 34.8 Å². The highest BCUT2D eigenvalue weighted by atomic mass is 32.1. The maximum atomic E-state index is 5.56. The minimum atomic E-state index is 0.670. The topological polar surface area (TPSA) is 51.8 Å². The van der Waals surface area contributed by atoms with Gasteiger partial charge in [0.2, 0.25) is 0 Å². The minimum Gasteiger partial charge on any atom is -0.330 e. The molecule has 15 heavy (non-hydrogen) atoms. The third-order valence-electron chi connectivity index (χ3n) is 2.19. The number of rotatable bonds is 3. The lowest BCUT2D eigenvalue weighted by molar-refractivity contribution is 0.963. The standard InChI is InChI=1S/C11H13N3S/c1-8-2-3-10(14-13-8)11-9(4-6-12)5-7-15-11/h2-3,5,7H,4,6,12H2,1H3. The number of hydrogen-bond donors (Lipinski definition) is 1. The highest BCUT2D eigenvalue weighted by Gasteiger charge is 2.07. The second-order valence-corrected chi connectivity index (χ2v) is 4.29. The van der Waals surface area contributed by atoms with Crippen LogP contribution in [-0.4, -0.2) is 16.7 Å². The van der Waals surface area contributed by atoms with Crippen LogP contribution in [0.3, 0.4) is 0 Å². The number of thiophene rings is 1. The summed E-state index contributed by atoms with van der Waals surface area (Å²) in [6, 6.07) is 6.09. The highest BCUT2D eigenvalue weighted by molar-refractivity contribution is 7.13. The molecule has 0 amide bonds. The maximum absolute atomic E-state index is 5.56. The van der Waals surface area contributed by atoms with E-state index >= 15 is 0 Å².